The molecule has 1 heterocycles. The molecule has 1 fully saturated rings. The number of piperidine rings is 1. The van der Waals surface area contributed by atoms with E-state index < -0.39 is 0 Å². The molecule has 1 saturated heterocycles. The van der Waals surface area contributed by atoms with Crippen LogP contribution in [-0.4, -0.2) is 47.7 Å². The van der Waals surface area contributed by atoms with E-state index in [1.807, 2.05) is 0 Å². The second-order valence-corrected chi connectivity index (χ2v) is 5.47. The van der Waals surface area contributed by atoms with Crippen molar-refractivity contribution in [2.24, 2.45) is 0 Å². The maximum absolute atomic E-state index is 11.4. The van der Waals surface area contributed by atoms with Crippen LogP contribution in [0.2, 0.25) is 0 Å². The molecule has 2 unspecified atom stereocenters. The first kappa shape index (κ1) is 15.4. The first-order chi connectivity index (χ1) is 8.59. The lowest BCUT2D eigenvalue weighted by molar-refractivity contribution is -0.121. The molecule has 1 amide bonds. The Morgan fingerprint density at radius 1 is 1.50 bits per heavy atom. The Labute approximate surface area is 111 Å². The standard InChI is InChI=1S/C14H28N2O2/c1-12-6-3-4-10-16(12)11-5-9-15-14(18)8-7-13(2)17/h12-13,17H,3-11H2,1-2H3,(H,15,18). The number of likely N-dealkylation sites (tertiary alicyclic amines) is 1. The van der Waals surface area contributed by atoms with E-state index in [-0.39, 0.29) is 12.0 Å². The molecule has 2 atom stereocenters. The van der Waals surface area contributed by atoms with Crippen LogP contribution in [0.1, 0.15) is 52.4 Å². The number of amides is 1. The van der Waals surface area contributed by atoms with Gasteiger partial charge < -0.3 is 15.3 Å². The summed E-state index contributed by atoms with van der Waals surface area (Å²) in [5.74, 6) is 0.0580. The summed E-state index contributed by atoms with van der Waals surface area (Å²) < 4.78 is 0. The summed E-state index contributed by atoms with van der Waals surface area (Å²) in [4.78, 5) is 13.9. The van der Waals surface area contributed by atoms with Gasteiger partial charge in [0.25, 0.3) is 0 Å². The molecule has 0 radical (unpaired) electrons. The zero-order chi connectivity index (χ0) is 13.4. The summed E-state index contributed by atoms with van der Waals surface area (Å²) >= 11 is 0. The second-order valence-electron chi connectivity index (χ2n) is 5.47. The van der Waals surface area contributed by atoms with Crippen molar-refractivity contribution in [1.82, 2.24) is 10.2 Å². The third kappa shape index (κ3) is 6.36. The first-order valence-electron chi connectivity index (χ1n) is 7.28. The number of nitrogens with zero attached hydrogens (tertiary/aromatic N) is 1. The lowest BCUT2D eigenvalue weighted by atomic mass is 10.0. The number of rotatable bonds is 7. The average molecular weight is 256 g/mol. The van der Waals surface area contributed by atoms with E-state index in [9.17, 15) is 4.79 Å². The normalized spacial score (nSPS) is 22.7. The predicted molar refractivity (Wildman–Crippen MR) is 73.4 cm³/mol. The molecule has 2 N–H and O–H groups in total. The molecule has 1 aliphatic heterocycles. The van der Waals surface area contributed by atoms with E-state index in [0.717, 1.165) is 19.5 Å². The molecule has 106 valence electrons. The topological polar surface area (TPSA) is 52.6 Å². The van der Waals surface area contributed by atoms with E-state index in [1.165, 1.54) is 25.8 Å². The Morgan fingerprint density at radius 2 is 2.28 bits per heavy atom. The van der Waals surface area contributed by atoms with Gasteiger partial charge in [0, 0.05) is 25.6 Å². The molecule has 0 bridgehead atoms. The summed E-state index contributed by atoms with van der Waals surface area (Å²) in [6.07, 6.45) is 5.59. The molecule has 0 aliphatic carbocycles. The quantitative estimate of drug-likeness (QED) is 0.679. The number of carbonyl (C=O) groups is 1. The van der Waals surface area contributed by atoms with Crippen molar-refractivity contribution in [1.29, 1.82) is 0 Å². The SMILES string of the molecule is CC(O)CCC(=O)NCCCN1CCCCC1C. The predicted octanol–water partition coefficient (Wildman–Crippen LogP) is 1.53. The van der Waals surface area contributed by atoms with Gasteiger partial charge in [-0.1, -0.05) is 6.42 Å². The fourth-order valence-corrected chi connectivity index (χ4v) is 2.43. The number of carbonyl (C=O) groups excluding carboxylic acids is 1. The highest BCUT2D eigenvalue weighted by Gasteiger charge is 2.17. The van der Waals surface area contributed by atoms with E-state index in [2.05, 4.69) is 17.1 Å². The minimum absolute atomic E-state index is 0.0580. The van der Waals surface area contributed by atoms with Crippen molar-refractivity contribution in [2.45, 2.75) is 64.5 Å². The molecule has 1 aliphatic rings. The van der Waals surface area contributed by atoms with Gasteiger partial charge in [-0.05, 0) is 46.1 Å². The molecular weight excluding hydrogens is 228 g/mol. The highest BCUT2D eigenvalue weighted by molar-refractivity contribution is 5.75. The van der Waals surface area contributed by atoms with Crippen LogP contribution in [0, 0.1) is 0 Å². The van der Waals surface area contributed by atoms with Crippen molar-refractivity contribution in [2.75, 3.05) is 19.6 Å². The minimum Gasteiger partial charge on any atom is -0.393 e. The van der Waals surface area contributed by atoms with Crippen molar-refractivity contribution in [3.05, 3.63) is 0 Å². The molecule has 0 saturated carbocycles. The van der Waals surface area contributed by atoms with Crippen LogP contribution >= 0.6 is 0 Å². The van der Waals surface area contributed by atoms with Crippen LogP contribution in [0.15, 0.2) is 0 Å². The fourth-order valence-electron chi connectivity index (χ4n) is 2.43. The lowest BCUT2D eigenvalue weighted by Crippen LogP contribution is -2.39. The third-order valence-electron chi connectivity index (χ3n) is 3.67. The number of aliphatic hydroxyl groups is 1. The minimum atomic E-state index is -0.384. The van der Waals surface area contributed by atoms with Crippen LogP contribution in [0.4, 0.5) is 0 Å². The van der Waals surface area contributed by atoms with Crippen LogP contribution in [0.3, 0.4) is 0 Å². The van der Waals surface area contributed by atoms with Crippen molar-refractivity contribution >= 4 is 5.91 Å². The van der Waals surface area contributed by atoms with Gasteiger partial charge in [0.15, 0.2) is 0 Å². The Bertz CT molecular complexity index is 244. The molecule has 0 aromatic rings. The van der Waals surface area contributed by atoms with E-state index in [1.54, 1.807) is 6.92 Å². The number of hydrogen-bond donors (Lipinski definition) is 2. The Balaban J connectivity index is 2.02. The average Bonchev–Trinajstić information content (AvgIpc) is 2.34. The summed E-state index contributed by atoms with van der Waals surface area (Å²) in [7, 11) is 0. The number of hydrogen-bond acceptors (Lipinski definition) is 3. The van der Waals surface area contributed by atoms with Gasteiger partial charge in [0.1, 0.15) is 0 Å². The molecule has 4 nitrogen and oxygen atoms in total. The van der Waals surface area contributed by atoms with Gasteiger partial charge in [-0.3, -0.25) is 4.79 Å². The highest BCUT2D eigenvalue weighted by Crippen LogP contribution is 2.15. The van der Waals surface area contributed by atoms with Crippen LogP contribution in [-0.2, 0) is 4.79 Å². The Morgan fingerprint density at radius 3 is 2.94 bits per heavy atom. The summed E-state index contributed by atoms with van der Waals surface area (Å²) in [6, 6.07) is 0.699. The molecule has 0 aromatic carbocycles. The maximum Gasteiger partial charge on any atom is 0.220 e. The second kappa shape index (κ2) is 8.48. The zero-order valence-electron chi connectivity index (χ0n) is 11.8. The molecule has 0 spiro atoms. The van der Waals surface area contributed by atoms with Gasteiger partial charge in [0.05, 0.1) is 6.10 Å². The molecule has 1 rings (SSSR count). The highest BCUT2D eigenvalue weighted by atomic mass is 16.3. The number of aliphatic hydroxyl groups excluding tert-OH is 1. The largest absolute Gasteiger partial charge is 0.393 e. The van der Waals surface area contributed by atoms with Crippen LogP contribution in [0.5, 0.6) is 0 Å². The van der Waals surface area contributed by atoms with Crippen molar-refractivity contribution in [3.63, 3.8) is 0 Å². The Hall–Kier alpha value is -0.610. The summed E-state index contributed by atoms with van der Waals surface area (Å²) in [5, 5.41) is 12.0. The van der Waals surface area contributed by atoms with Crippen LogP contribution < -0.4 is 5.32 Å². The molecular formula is C14H28N2O2. The molecule has 0 aromatic heterocycles. The van der Waals surface area contributed by atoms with Crippen molar-refractivity contribution < 1.29 is 9.90 Å². The fraction of sp³-hybridized carbons (Fsp3) is 0.929. The molecule has 4 heteroatoms. The summed E-state index contributed by atoms with van der Waals surface area (Å²) in [5.41, 5.74) is 0. The van der Waals surface area contributed by atoms with E-state index in [0.29, 0.717) is 18.9 Å². The van der Waals surface area contributed by atoms with Crippen molar-refractivity contribution in [3.8, 4) is 0 Å². The van der Waals surface area contributed by atoms with Gasteiger partial charge in [-0.2, -0.15) is 0 Å². The third-order valence-corrected chi connectivity index (χ3v) is 3.67. The zero-order valence-corrected chi connectivity index (χ0v) is 11.8. The van der Waals surface area contributed by atoms with Gasteiger partial charge >= 0.3 is 0 Å². The van der Waals surface area contributed by atoms with Gasteiger partial charge in [-0.25, -0.2) is 0 Å². The summed E-state index contributed by atoms with van der Waals surface area (Å²) in [6.45, 7) is 7.04. The maximum atomic E-state index is 11.4. The van der Waals surface area contributed by atoms with E-state index in [4.69, 9.17) is 5.11 Å². The van der Waals surface area contributed by atoms with Gasteiger partial charge in [0.2, 0.25) is 5.91 Å². The van der Waals surface area contributed by atoms with E-state index >= 15 is 0 Å². The van der Waals surface area contributed by atoms with Gasteiger partial charge in [-0.15, -0.1) is 0 Å². The first-order valence-corrected chi connectivity index (χ1v) is 7.28. The lowest BCUT2D eigenvalue weighted by Gasteiger charge is -2.33. The molecule has 18 heavy (non-hydrogen) atoms. The Kier molecular flexibility index (Phi) is 7.28. The number of nitrogens with one attached hydrogen (secondary N) is 1. The van der Waals surface area contributed by atoms with Crippen LogP contribution in [0.25, 0.3) is 0 Å². The monoisotopic (exact) mass is 256 g/mol. The smallest absolute Gasteiger partial charge is 0.220 e.